The number of nitrogens with zero attached hydrogens (tertiary/aromatic N) is 2. The molecule has 0 spiro atoms. The smallest absolute Gasteiger partial charge is 0.241 e. The summed E-state index contributed by atoms with van der Waals surface area (Å²) in [7, 11) is 1.71. The first-order chi connectivity index (χ1) is 10.1. The van der Waals surface area contributed by atoms with E-state index in [-0.39, 0.29) is 11.9 Å². The fraction of sp³-hybridized carbons (Fsp3) is 0.500. The number of rotatable bonds is 5. The Bertz CT molecular complexity index is 539. The number of methoxy groups -OCH3 is 1. The van der Waals surface area contributed by atoms with Gasteiger partial charge in [-0.1, -0.05) is 6.07 Å². The van der Waals surface area contributed by atoms with Gasteiger partial charge in [0.1, 0.15) is 0 Å². The molecule has 2 unspecified atom stereocenters. The Balaban J connectivity index is 1.92. The summed E-state index contributed by atoms with van der Waals surface area (Å²) in [5.74, 6) is 0.468. The van der Waals surface area contributed by atoms with Crippen molar-refractivity contribution < 1.29 is 9.53 Å². The number of benzene rings is 1. The summed E-state index contributed by atoms with van der Waals surface area (Å²) in [5.41, 5.74) is 1.21. The van der Waals surface area contributed by atoms with Gasteiger partial charge < -0.3 is 10.1 Å². The molecule has 2 atom stereocenters. The van der Waals surface area contributed by atoms with E-state index in [2.05, 4.69) is 16.3 Å². The molecule has 1 aromatic carbocycles. The normalized spacial score (nSPS) is 20.0. The van der Waals surface area contributed by atoms with Gasteiger partial charge in [-0.2, -0.15) is 5.26 Å². The second-order valence-electron chi connectivity index (χ2n) is 5.46. The van der Waals surface area contributed by atoms with Crippen molar-refractivity contribution in [2.75, 3.05) is 32.1 Å². The van der Waals surface area contributed by atoms with E-state index in [0.29, 0.717) is 17.2 Å². The molecule has 1 aromatic rings. The summed E-state index contributed by atoms with van der Waals surface area (Å²) >= 11 is 0. The van der Waals surface area contributed by atoms with Crippen molar-refractivity contribution >= 4 is 11.6 Å². The van der Waals surface area contributed by atoms with Gasteiger partial charge in [0, 0.05) is 19.3 Å². The van der Waals surface area contributed by atoms with E-state index in [1.807, 2.05) is 6.92 Å². The molecule has 1 N–H and O–H groups in total. The highest BCUT2D eigenvalue weighted by Gasteiger charge is 2.29. The lowest BCUT2D eigenvalue weighted by atomic mass is 10.1. The summed E-state index contributed by atoms with van der Waals surface area (Å²) in [6, 6.07) is 8.85. The number of nitrogens with one attached hydrogen (secondary N) is 1. The molecule has 0 radical (unpaired) electrons. The van der Waals surface area contributed by atoms with Gasteiger partial charge in [0.05, 0.1) is 24.3 Å². The molecule has 1 fully saturated rings. The average Bonchev–Trinajstić information content (AvgIpc) is 2.95. The first-order valence-electron chi connectivity index (χ1n) is 7.18. The maximum atomic E-state index is 12.3. The van der Waals surface area contributed by atoms with Crippen LogP contribution in [0.2, 0.25) is 0 Å². The number of nitriles is 1. The van der Waals surface area contributed by atoms with Crippen LogP contribution < -0.4 is 5.32 Å². The Hall–Kier alpha value is -1.90. The van der Waals surface area contributed by atoms with E-state index in [0.717, 1.165) is 26.1 Å². The Morgan fingerprint density at radius 1 is 1.62 bits per heavy atom. The Kier molecular flexibility index (Phi) is 5.32. The summed E-state index contributed by atoms with van der Waals surface area (Å²) in [6.45, 7) is 4.47. The van der Waals surface area contributed by atoms with E-state index in [1.165, 1.54) is 0 Å². The van der Waals surface area contributed by atoms with Crippen LogP contribution in [-0.2, 0) is 9.53 Å². The fourth-order valence-corrected chi connectivity index (χ4v) is 2.67. The van der Waals surface area contributed by atoms with Gasteiger partial charge in [0.2, 0.25) is 5.91 Å². The molecule has 1 aliphatic rings. The largest absolute Gasteiger partial charge is 0.384 e. The predicted molar refractivity (Wildman–Crippen MR) is 80.8 cm³/mol. The lowest BCUT2D eigenvalue weighted by Gasteiger charge is -2.23. The maximum absolute atomic E-state index is 12.3. The summed E-state index contributed by atoms with van der Waals surface area (Å²) in [4.78, 5) is 14.5. The lowest BCUT2D eigenvalue weighted by Crippen LogP contribution is -2.40. The van der Waals surface area contributed by atoms with Gasteiger partial charge in [-0.05, 0) is 44.0 Å². The molecule has 112 valence electrons. The van der Waals surface area contributed by atoms with E-state index in [9.17, 15) is 4.79 Å². The third-order valence-corrected chi connectivity index (χ3v) is 3.91. The Labute approximate surface area is 125 Å². The first kappa shape index (κ1) is 15.5. The molecule has 0 saturated carbocycles. The molecular formula is C16H21N3O2. The molecule has 1 amide bonds. The quantitative estimate of drug-likeness (QED) is 0.897. The average molecular weight is 287 g/mol. The second kappa shape index (κ2) is 7.21. The summed E-state index contributed by atoms with van der Waals surface area (Å²) in [5, 5.41) is 11.8. The molecule has 5 heteroatoms. The van der Waals surface area contributed by atoms with E-state index in [4.69, 9.17) is 10.00 Å². The van der Waals surface area contributed by atoms with Crippen molar-refractivity contribution in [2.24, 2.45) is 5.92 Å². The molecule has 21 heavy (non-hydrogen) atoms. The van der Waals surface area contributed by atoms with Crippen LogP contribution in [0.25, 0.3) is 0 Å². The van der Waals surface area contributed by atoms with Crippen LogP contribution in [0.15, 0.2) is 24.3 Å². The van der Waals surface area contributed by atoms with Crippen molar-refractivity contribution in [1.82, 2.24) is 4.90 Å². The van der Waals surface area contributed by atoms with Gasteiger partial charge in [0.15, 0.2) is 0 Å². The highest BCUT2D eigenvalue weighted by atomic mass is 16.5. The minimum atomic E-state index is -0.183. The van der Waals surface area contributed by atoms with E-state index < -0.39 is 0 Å². The zero-order valence-electron chi connectivity index (χ0n) is 12.5. The van der Waals surface area contributed by atoms with Gasteiger partial charge in [-0.3, -0.25) is 9.69 Å². The van der Waals surface area contributed by atoms with Crippen LogP contribution in [0, 0.1) is 17.2 Å². The lowest BCUT2D eigenvalue weighted by molar-refractivity contribution is -0.120. The molecule has 0 aliphatic carbocycles. The number of likely N-dealkylation sites (tertiary alicyclic amines) is 1. The minimum absolute atomic E-state index is 0.0387. The van der Waals surface area contributed by atoms with E-state index >= 15 is 0 Å². The van der Waals surface area contributed by atoms with Gasteiger partial charge in [-0.15, -0.1) is 0 Å². The standard InChI is InChI=1S/C16H21N3O2/c1-12(19-7-6-14(10-19)11-21-2)16(20)18-15-5-3-4-13(8-15)9-17/h3-5,8,12,14H,6-7,10-11H2,1-2H3,(H,18,20). The Morgan fingerprint density at radius 3 is 3.14 bits per heavy atom. The van der Waals surface area contributed by atoms with E-state index in [1.54, 1.807) is 31.4 Å². The van der Waals surface area contributed by atoms with Crippen LogP contribution >= 0.6 is 0 Å². The molecule has 1 saturated heterocycles. The summed E-state index contributed by atoms with van der Waals surface area (Å²) in [6.07, 6.45) is 1.06. The van der Waals surface area contributed by atoms with Crippen molar-refractivity contribution in [3.05, 3.63) is 29.8 Å². The number of anilines is 1. The second-order valence-corrected chi connectivity index (χ2v) is 5.46. The van der Waals surface area contributed by atoms with Crippen molar-refractivity contribution in [3.63, 3.8) is 0 Å². The number of hydrogen-bond acceptors (Lipinski definition) is 4. The number of carbonyl (C=O) groups is 1. The molecule has 1 heterocycles. The topological polar surface area (TPSA) is 65.4 Å². The zero-order chi connectivity index (χ0) is 15.2. The minimum Gasteiger partial charge on any atom is -0.384 e. The first-order valence-corrected chi connectivity index (χ1v) is 7.18. The third-order valence-electron chi connectivity index (χ3n) is 3.91. The van der Waals surface area contributed by atoms with Crippen molar-refractivity contribution in [1.29, 1.82) is 5.26 Å². The highest BCUT2D eigenvalue weighted by molar-refractivity contribution is 5.94. The molecule has 0 bridgehead atoms. The van der Waals surface area contributed by atoms with Crippen LogP contribution in [0.5, 0.6) is 0 Å². The monoisotopic (exact) mass is 287 g/mol. The third kappa shape index (κ3) is 4.03. The Morgan fingerprint density at radius 2 is 2.43 bits per heavy atom. The van der Waals surface area contributed by atoms with Crippen LogP contribution in [-0.4, -0.2) is 43.7 Å². The van der Waals surface area contributed by atoms with Crippen molar-refractivity contribution in [2.45, 2.75) is 19.4 Å². The van der Waals surface area contributed by atoms with Crippen molar-refractivity contribution in [3.8, 4) is 6.07 Å². The van der Waals surface area contributed by atoms with Crippen LogP contribution in [0.4, 0.5) is 5.69 Å². The maximum Gasteiger partial charge on any atom is 0.241 e. The van der Waals surface area contributed by atoms with Crippen LogP contribution in [0.3, 0.4) is 0 Å². The van der Waals surface area contributed by atoms with Crippen LogP contribution in [0.1, 0.15) is 18.9 Å². The SMILES string of the molecule is COCC1CCN(C(C)C(=O)Nc2cccc(C#N)c2)C1. The predicted octanol–water partition coefficient (Wildman–Crippen LogP) is 1.85. The molecule has 0 aromatic heterocycles. The molecule has 2 rings (SSSR count). The zero-order valence-corrected chi connectivity index (χ0v) is 12.5. The number of amides is 1. The van der Waals surface area contributed by atoms with Gasteiger partial charge in [-0.25, -0.2) is 0 Å². The highest BCUT2D eigenvalue weighted by Crippen LogP contribution is 2.20. The molecular weight excluding hydrogens is 266 g/mol. The fourth-order valence-electron chi connectivity index (χ4n) is 2.67. The number of hydrogen-bond donors (Lipinski definition) is 1. The van der Waals surface area contributed by atoms with Gasteiger partial charge >= 0.3 is 0 Å². The molecule has 1 aliphatic heterocycles. The number of carbonyl (C=O) groups excluding carboxylic acids is 1. The molecule has 5 nitrogen and oxygen atoms in total. The summed E-state index contributed by atoms with van der Waals surface area (Å²) < 4.78 is 5.18. The van der Waals surface area contributed by atoms with Gasteiger partial charge in [0.25, 0.3) is 0 Å². The number of ether oxygens (including phenoxy) is 1.